The maximum Gasteiger partial charge on any atom is 0.335 e. The maximum absolute atomic E-state index is 11.5. The largest absolute Gasteiger partial charge is 0.493 e. The van der Waals surface area contributed by atoms with Gasteiger partial charge in [0.1, 0.15) is 5.75 Å². The highest BCUT2D eigenvalue weighted by Crippen LogP contribution is 2.18. The zero-order valence-electron chi connectivity index (χ0n) is 13.4. The number of nitrogens with zero attached hydrogens (tertiary/aromatic N) is 1. The zero-order chi connectivity index (χ0) is 17.9. The van der Waals surface area contributed by atoms with Crippen LogP contribution in [0.4, 0.5) is 0 Å². The lowest BCUT2D eigenvalue weighted by Crippen LogP contribution is -2.39. The fourth-order valence-electron chi connectivity index (χ4n) is 1.63. The number of hydrazone groups is 1. The smallest absolute Gasteiger partial charge is 0.335 e. The number of nitrogens with one attached hydrogen (secondary N) is 2. The Bertz CT molecular complexity index is 630. The monoisotopic (exact) mass is 337 g/mol. The number of ether oxygens (including phenoxy) is 2. The van der Waals surface area contributed by atoms with Crippen molar-refractivity contribution in [3.8, 4) is 5.75 Å². The second kappa shape index (κ2) is 9.95. The van der Waals surface area contributed by atoms with E-state index in [1.807, 2.05) is 0 Å². The molecule has 1 aromatic carbocycles. The molecule has 3 N–H and O–H groups in total. The van der Waals surface area contributed by atoms with Crippen LogP contribution >= 0.6 is 0 Å². The number of aromatic carboxylic acids is 1. The van der Waals surface area contributed by atoms with Crippen LogP contribution in [0.1, 0.15) is 22.8 Å². The molecule has 0 radical (unpaired) electrons. The second-order valence-corrected chi connectivity index (χ2v) is 4.44. The van der Waals surface area contributed by atoms with Gasteiger partial charge in [-0.2, -0.15) is 5.10 Å². The highest BCUT2D eigenvalue weighted by Gasteiger charge is 2.12. The van der Waals surface area contributed by atoms with Crippen molar-refractivity contribution in [1.29, 1.82) is 0 Å². The molecule has 24 heavy (non-hydrogen) atoms. The van der Waals surface area contributed by atoms with E-state index in [1.54, 1.807) is 6.92 Å². The van der Waals surface area contributed by atoms with Crippen LogP contribution in [0.15, 0.2) is 23.3 Å². The summed E-state index contributed by atoms with van der Waals surface area (Å²) in [5.74, 6) is -2.50. The number of carbonyl (C=O) groups is 3. The fraction of sp³-hybridized carbons (Fsp3) is 0.333. The van der Waals surface area contributed by atoms with Crippen molar-refractivity contribution in [2.24, 2.45) is 5.10 Å². The molecule has 0 aliphatic rings. The first-order valence-corrected chi connectivity index (χ1v) is 7.09. The average molecular weight is 337 g/mol. The van der Waals surface area contributed by atoms with Crippen molar-refractivity contribution in [3.63, 3.8) is 0 Å². The van der Waals surface area contributed by atoms with E-state index >= 15 is 0 Å². The summed E-state index contributed by atoms with van der Waals surface area (Å²) in [5, 5.41) is 15.0. The van der Waals surface area contributed by atoms with E-state index in [0.29, 0.717) is 17.9 Å². The van der Waals surface area contributed by atoms with Crippen LogP contribution in [-0.4, -0.2) is 56.0 Å². The van der Waals surface area contributed by atoms with Gasteiger partial charge in [-0.25, -0.2) is 10.2 Å². The molecule has 0 atom stereocenters. The molecule has 130 valence electrons. The molecular weight excluding hydrogens is 318 g/mol. The van der Waals surface area contributed by atoms with Gasteiger partial charge >= 0.3 is 17.8 Å². The van der Waals surface area contributed by atoms with E-state index < -0.39 is 17.8 Å². The Morgan fingerprint density at radius 3 is 2.67 bits per heavy atom. The van der Waals surface area contributed by atoms with Gasteiger partial charge < -0.3 is 19.9 Å². The van der Waals surface area contributed by atoms with Crippen molar-refractivity contribution >= 4 is 24.0 Å². The van der Waals surface area contributed by atoms with Crippen LogP contribution in [0.25, 0.3) is 0 Å². The molecule has 0 saturated heterocycles. The Labute approximate surface area is 138 Å². The number of carboxylic acid groups (broad SMARTS) is 1. The zero-order valence-corrected chi connectivity index (χ0v) is 13.4. The lowest BCUT2D eigenvalue weighted by molar-refractivity contribution is -0.139. The number of rotatable bonds is 8. The summed E-state index contributed by atoms with van der Waals surface area (Å²) in [5.41, 5.74) is 2.45. The van der Waals surface area contributed by atoms with Gasteiger partial charge in [-0.05, 0) is 25.1 Å². The van der Waals surface area contributed by atoms with Crippen molar-refractivity contribution in [2.75, 3.05) is 26.9 Å². The number of carboxylic acids is 1. The number of hydrogen-bond donors (Lipinski definition) is 3. The summed E-state index contributed by atoms with van der Waals surface area (Å²) < 4.78 is 10.1. The summed E-state index contributed by atoms with van der Waals surface area (Å²) in [6, 6.07) is 4.24. The molecule has 0 fully saturated rings. The Kier molecular flexibility index (Phi) is 7.92. The number of carbonyl (C=O) groups excluding carboxylic acids is 2. The van der Waals surface area contributed by atoms with Gasteiger partial charge in [0.2, 0.25) is 0 Å². The second-order valence-electron chi connectivity index (χ2n) is 4.44. The molecule has 1 rings (SSSR count). The highest BCUT2D eigenvalue weighted by atomic mass is 16.5. The maximum atomic E-state index is 11.5. The predicted octanol–water partition coefficient (Wildman–Crippen LogP) is -0.00380. The van der Waals surface area contributed by atoms with E-state index in [4.69, 9.17) is 14.6 Å². The normalized spacial score (nSPS) is 10.4. The van der Waals surface area contributed by atoms with Crippen molar-refractivity contribution in [3.05, 3.63) is 29.3 Å². The summed E-state index contributed by atoms with van der Waals surface area (Å²) in [7, 11) is 1.47. The van der Waals surface area contributed by atoms with Gasteiger partial charge in [-0.1, -0.05) is 0 Å². The molecule has 0 saturated carbocycles. The third kappa shape index (κ3) is 6.05. The Hall–Kier alpha value is -2.94. The third-order valence-corrected chi connectivity index (χ3v) is 2.72. The topological polar surface area (TPSA) is 126 Å². The molecule has 1 aromatic rings. The third-order valence-electron chi connectivity index (χ3n) is 2.72. The standard InChI is InChI=1S/C15H19N3O6/c1-3-24-12-5-4-10(15(21)22)8-11(12)9-17-18-14(20)13(19)16-6-7-23-2/h4-5,8-9H,3,6-7H2,1-2H3,(H,16,19)(H,18,20)(H,21,22)/b17-9-. The fourth-order valence-corrected chi connectivity index (χ4v) is 1.63. The van der Waals surface area contributed by atoms with Gasteiger partial charge in [0.05, 0.1) is 25.0 Å². The van der Waals surface area contributed by atoms with E-state index in [0.717, 1.165) is 0 Å². The molecule has 9 nitrogen and oxygen atoms in total. The van der Waals surface area contributed by atoms with Crippen LogP contribution in [0.3, 0.4) is 0 Å². The van der Waals surface area contributed by atoms with Crippen LogP contribution < -0.4 is 15.5 Å². The molecule has 0 heterocycles. The first kappa shape index (κ1) is 19.1. The minimum Gasteiger partial charge on any atom is -0.493 e. The number of amides is 2. The quantitative estimate of drug-likeness (QED) is 0.265. The van der Waals surface area contributed by atoms with Crippen LogP contribution in [0.5, 0.6) is 5.75 Å². The lowest BCUT2D eigenvalue weighted by Gasteiger charge is -2.07. The van der Waals surface area contributed by atoms with Crippen molar-refractivity contribution < 1.29 is 29.0 Å². The van der Waals surface area contributed by atoms with Crippen LogP contribution in [0.2, 0.25) is 0 Å². The van der Waals surface area contributed by atoms with Gasteiger partial charge in [0, 0.05) is 19.2 Å². The van der Waals surface area contributed by atoms with E-state index in [9.17, 15) is 14.4 Å². The number of benzene rings is 1. The van der Waals surface area contributed by atoms with Gasteiger partial charge in [0.15, 0.2) is 0 Å². The Morgan fingerprint density at radius 2 is 2.04 bits per heavy atom. The molecule has 0 unspecified atom stereocenters. The van der Waals surface area contributed by atoms with Crippen molar-refractivity contribution in [1.82, 2.24) is 10.7 Å². The molecule has 2 amide bonds. The Balaban J connectivity index is 2.74. The van der Waals surface area contributed by atoms with Crippen molar-refractivity contribution in [2.45, 2.75) is 6.92 Å². The molecule has 0 spiro atoms. The summed E-state index contributed by atoms with van der Waals surface area (Å²) in [6.07, 6.45) is 1.21. The van der Waals surface area contributed by atoms with Gasteiger partial charge in [0.25, 0.3) is 0 Å². The van der Waals surface area contributed by atoms with Crippen LogP contribution in [0, 0.1) is 0 Å². The lowest BCUT2D eigenvalue weighted by atomic mass is 10.1. The Morgan fingerprint density at radius 1 is 1.29 bits per heavy atom. The van der Waals surface area contributed by atoms with Crippen LogP contribution in [-0.2, 0) is 14.3 Å². The molecular formula is C15H19N3O6. The summed E-state index contributed by atoms with van der Waals surface area (Å²) in [6.45, 7) is 2.63. The number of hydrogen-bond acceptors (Lipinski definition) is 6. The van der Waals surface area contributed by atoms with Gasteiger partial charge in [-0.3, -0.25) is 9.59 Å². The van der Waals surface area contributed by atoms with E-state index in [2.05, 4.69) is 15.8 Å². The molecule has 0 aliphatic heterocycles. The number of methoxy groups -OCH3 is 1. The average Bonchev–Trinajstić information content (AvgIpc) is 2.56. The molecule has 9 heteroatoms. The molecule has 0 bridgehead atoms. The first-order valence-electron chi connectivity index (χ1n) is 7.09. The summed E-state index contributed by atoms with van der Waals surface area (Å²) >= 11 is 0. The molecule has 0 aliphatic carbocycles. The minimum absolute atomic E-state index is 0.0449. The molecule has 0 aromatic heterocycles. The highest BCUT2D eigenvalue weighted by molar-refractivity contribution is 6.35. The summed E-state index contributed by atoms with van der Waals surface area (Å²) in [4.78, 5) is 33.9. The van der Waals surface area contributed by atoms with E-state index in [-0.39, 0.29) is 18.7 Å². The predicted molar refractivity (Wildman–Crippen MR) is 85.2 cm³/mol. The SMILES string of the molecule is CCOc1ccc(C(=O)O)cc1/C=N\NC(=O)C(=O)NCCOC. The first-order chi connectivity index (χ1) is 11.5. The van der Waals surface area contributed by atoms with E-state index in [1.165, 1.54) is 31.5 Å². The minimum atomic E-state index is -1.10. The van der Waals surface area contributed by atoms with Gasteiger partial charge in [-0.15, -0.1) is 0 Å².